The Morgan fingerprint density at radius 2 is 0.845 bits per heavy atom. The van der Waals surface area contributed by atoms with Crippen LogP contribution in [0.1, 0.15) is 0 Å². The number of nitrogens with zero attached hydrogens (tertiary/aromatic N) is 2. The highest BCUT2D eigenvalue weighted by Gasteiger charge is 2.44. The Morgan fingerprint density at radius 3 is 1.55 bits per heavy atom. The Kier molecular flexibility index (Phi) is 7.25. The summed E-state index contributed by atoms with van der Waals surface area (Å²) < 4.78 is 11.8. The zero-order valence-corrected chi connectivity index (χ0v) is 32.6. The van der Waals surface area contributed by atoms with Crippen LogP contribution in [0.3, 0.4) is 0 Å². The second kappa shape index (κ2) is 12.8. The van der Waals surface area contributed by atoms with Crippen LogP contribution in [-0.2, 0) is 0 Å². The van der Waals surface area contributed by atoms with E-state index in [9.17, 15) is 0 Å². The molecule has 0 fully saturated rings. The first-order valence-electron chi connectivity index (χ1n) is 19.9. The van der Waals surface area contributed by atoms with E-state index in [4.69, 9.17) is 4.42 Å². The summed E-state index contributed by atoms with van der Waals surface area (Å²) in [5.74, 6) is 0. The molecule has 9 aromatic carbocycles. The van der Waals surface area contributed by atoms with Gasteiger partial charge in [-0.15, -0.1) is 0 Å². The summed E-state index contributed by atoms with van der Waals surface area (Å²) in [4.78, 5) is 0. The third-order valence-corrected chi connectivity index (χ3v) is 17.0. The number of rotatable bonds is 6. The van der Waals surface area contributed by atoms with E-state index in [1.807, 2.05) is 0 Å². The minimum Gasteiger partial charge on any atom is -0.456 e. The second-order valence-corrected chi connectivity index (χ2v) is 19.0. The van der Waals surface area contributed by atoms with Gasteiger partial charge in [-0.05, 0) is 75.3 Å². The minimum absolute atomic E-state index is 0.911. The summed E-state index contributed by atoms with van der Waals surface area (Å²) in [5, 5.41) is 12.4. The first-order valence-corrected chi connectivity index (χ1v) is 21.9. The standard InChI is InChI=1S/C54H36N2OSi/c1-4-17-37(18-5-1)55-49-28-14-11-24-43(49)47-35-38(31-34-50(47)55)56-48-27-13-10-23-42(48)44-33-32-41(36-51(44)56)58(39-19-6-2-7-20-39,40-21-8-3-9-22-40)53-30-16-26-46-45-25-12-15-29-52(45)57-54(46)53/h1-36H. The lowest BCUT2D eigenvalue weighted by atomic mass is 10.1. The molecule has 0 bridgehead atoms. The van der Waals surface area contributed by atoms with Gasteiger partial charge in [0.25, 0.3) is 0 Å². The lowest BCUT2D eigenvalue weighted by molar-refractivity contribution is 0.671. The van der Waals surface area contributed by atoms with Crippen LogP contribution in [0.5, 0.6) is 0 Å². The molecule has 0 saturated heterocycles. The number of benzene rings is 9. The molecule has 0 spiro atoms. The SMILES string of the molecule is c1ccc(-n2c3ccccc3c3cc(-n4c5ccccc5c5ccc([Si](c6ccccc6)(c6ccccc6)c6cccc7c6oc6ccccc67)cc54)ccc32)cc1. The fourth-order valence-electron chi connectivity index (χ4n) is 9.82. The van der Waals surface area contributed by atoms with Gasteiger partial charge >= 0.3 is 0 Å². The minimum atomic E-state index is -3.04. The molecule has 0 atom stereocenters. The van der Waals surface area contributed by atoms with Crippen LogP contribution in [0.4, 0.5) is 0 Å². The first-order chi connectivity index (χ1) is 28.8. The van der Waals surface area contributed by atoms with E-state index in [-0.39, 0.29) is 0 Å². The van der Waals surface area contributed by atoms with Gasteiger partial charge in [-0.1, -0.05) is 164 Å². The van der Waals surface area contributed by atoms with E-state index >= 15 is 0 Å². The molecule has 272 valence electrons. The van der Waals surface area contributed by atoms with E-state index < -0.39 is 8.07 Å². The smallest absolute Gasteiger partial charge is 0.184 e. The summed E-state index contributed by atoms with van der Waals surface area (Å²) in [5.41, 5.74) is 8.93. The zero-order chi connectivity index (χ0) is 38.2. The van der Waals surface area contributed by atoms with Crippen molar-refractivity contribution in [3.63, 3.8) is 0 Å². The second-order valence-electron chi connectivity index (χ2n) is 15.2. The molecule has 0 N–H and O–H groups in total. The highest BCUT2D eigenvalue weighted by atomic mass is 28.3. The van der Waals surface area contributed by atoms with Gasteiger partial charge in [0.2, 0.25) is 0 Å². The highest BCUT2D eigenvalue weighted by Crippen LogP contribution is 2.37. The molecule has 4 heteroatoms. The Morgan fingerprint density at radius 1 is 0.310 bits per heavy atom. The van der Waals surface area contributed by atoms with Gasteiger partial charge in [0.1, 0.15) is 11.2 Å². The number of furan rings is 1. The molecule has 0 aliphatic rings. The Balaban J connectivity index is 1.19. The maximum absolute atomic E-state index is 6.92. The fraction of sp³-hybridized carbons (Fsp3) is 0. The van der Waals surface area contributed by atoms with Gasteiger partial charge < -0.3 is 13.6 Å². The molecule has 0 aliphatic heterocycles. The van der Waals surface area contributed by atoms with Crippen molar-refractivity contribution in [1.29, 1.82) is 0 Å². The van der Waals surface area contributed by atoms with Crippen molar-refractivity contribution in [3.05, 3.63) is 218 Å². The van der Waals surface area contributed by atoms with Crippen LogP contribution in [0.15, 0.2) is 223 Å². The van der Waals surface area contributed by atoms with Crippen molar-refractivity contribution < 1.29 is 4.42 Å². The van der Waals surface area contributed by atoms with E-state index in [0.29, 0.717) is 0 Å². The quantitative estimate of drug-likeness (QED) is 0.122. The monoisotopic (exact) mass is 756 g/mol. The van der Waals surface area contributed by atoms with Crippen molar-refractivity contribution >= 4 is 94.4 Å². The van der Waals surface area contributed by atoms with Gasteiger partial charge in [0.05, 0.1) is 22.1 Å². The summed E-state index contributed by atoms with van der Waals surface area (Å²) >= 11 is 0. The molecule has 58 heavy (non-hydrogen) atoms. The predicted molar refractivity (Wildman–Crippen MR) is 246 cm³/mol. The molecule has 0 radical (unpaired) electrons. The van der Waals surface area contributed by atoms with Gasteiger partial charge in [0.15, 0.2) is 8.07 Å². The molecule has 3 aromatic heterocycles. The fourth-order valence-corrected chi connectivity index (χ4v) is 14.7. The molecular formula is C54H36N2OSi. The largest absolute Gasteiger partial charge is 0.456 e. The first kappa shape index (κ1) is 32.8. The number of hydrogen-bond acceptors (Lipinski definition) is 1. The molecule has 3 nitrogen and oxygen atoms in total. The summed E-state index contributed by atoms with van der Waals surface area (Å²) in [6.07, 6.45) is 0. The van der Waals surface area contributed by atoms with E-state index in [1.165, 1.54) is 64.4 Å². The van der Waals surface area contributed by atoms with Crippen molar-refractivity contribution in [2.45, 2.75) is 0 Å². The topological polar surface area (TPSA) is 23.0 Å². The average molecular weight is 757 g/mol. The van der Waals surface area contributed by atoms with Crippen LogP contribution in [0, 0.1) is 0 Å². The van der Waals surface area contributed by atoms with Crippen LogP contribution >= 0.6 is 0 Å². The van der Waals surface area contributed by atoms with Gasteiger partial charge in [0, 0.05) is 43.7 Å². The van der Waals surface area contributed by atoms with Crippen molar-refractivity contribution in [2.24, 2.45) is 0 Å². The Bertz CT molecular complexity index is 3470. The predicted octanol–water partition coefficient (Wildman–Crippen LogP) is 11.2. The van der Waals surface area contributed by atoms with E-state index in [0.717, 1.165) is 33.3 Å². The summed E-state index contributed by atoms with van der Waals surface area (Å²) in [6, 6.07) is 80.1. The lowest BCUT2D eigenvalue weighted by Gasteiger charge is -2.34. The van der Waals surface area contributed by atoms with Crippen molar-refractivity contribution in [1.82, 2.24) is 9.13 Å². The van der Waals surface area contributed by atoms with Crippen LogP contribution in [0.25, 0.3) is 76.9 Å². The molecule has 0 aliphatic carbocycles. The van der Waals surface area contributed by atoms with Gasteiger partial charge in [-0.25, -0.2) is 0 Å². The molecule has 12 aromatic rings. The van der Waals surface area contributed by atoms with E-state index in [2.05, 4.69) is 228 Å². The van der Waals surface area contributed by atoms with Gasteiger partial charge in [-0.3, -0.25) is 0 Å². The average Bonchev–Trinajstić information content (AvgIpc) is 3.95. The number of aromatic nitrogens is 2. The Hall–Kier alpha value is -7.40. The molecule has 0 unspecified atom stereocenters. The molecular weight excluding hydrogens is 721 g/mol. The maximum Gasteiger partial charge on any atom is 0.184 e. The maximum atomic E-state index is 6.92. The number of hydrogen-bond donors (Lipinski definition) is 0. The van der Waals surface area contributed by atoms with Gasteiger partial charge in [-0.2, -0.15) is 0 Å². The number of fused-ring (bicyclic) bond motifs is 9. The number of para-hydroxylation sites is 5. The molecule has 0 amide bonds. The van der Waals surface area contributed by atoms with Crippen LogP contribution < -0.4 is 20.7 Å². The Labute approximate surface area is 336 Å². The lowest BCUT2D eigenvalue weighted by Crippen LogP contribution is -2.74. The molecule has 12 rings (SSSR count). The third kappa shape index (κ3) is 4.67. The normalized spacial score (nSPS) is 12.1. The molecule has 0 saturated carbocycles. The summed E-state index contributed by atoms with van der Waals surface area (Å²) in [7, 11) is -3.04. The third-order valence-electron chi connectivity index (χ3n) is 12.3. The van der Waals surface area contributed by atoms with E-state index in [1.54, 1.807) is 0 Å². The zero-order valence-electron chi connectivity index (χ0n) is 31.6. The van der Waals surface area contributed by atoms with Crippen molar-refractivity contribution in [3.8, 4) is 11.4 Å². The highest BCUT2D eigenvalue weighted by molar-refractivity contribution is 7.20. The summed E-state index contributed by atoms with van der Waals surface area (Å²) in [6.45, 7) is 0. The molecule has 3 heterocycles. The van der Waals surface area contributed by atoms with Crippen LogP contribution in [-0.4, -0.2) is 17.2 Å². The van der Waals surface area contributed by atoms with Crippen molar-refractivity contribution in [2.75, 3.05) is 0 Å². The van der Waals surface area contributed by atoms with Crippen LogP contribution in [0.2, 0.25) is 0 Å².